The average molecular weight is 301 g/mol. The first-order valence-corrected chi connectivity index (χ1v) is 9.01. The first kappa shape index (κ1) is 14.6. The molecular formula is C12H19N3O2S2. The molecule has 1 aliphatic rings. The number of pyridine rings is 1. The summed E-state index contributed by atoms with van der Waals surface area (Å²) in [7, 11) is -3.43. The summed E-state index contributed by atoms with van der Waals surface area (Å²) in [4.78, 5) is 4.25. The van der Waals surface area contributed by atoms with Crippen LogP contribution in [0.2, 0.25) is 0 Å². The summed E-state index contributed by atoms with van der Waals surface area (Å²) in [6.45, 7) is 3.96. The maximum Gasteiger partial charge on any atom is 0.246 e. The number of nitrogens with zero attached hydrogens (tertiary/aromatic N) is 2. The van der Waals surface area contributed by atoms with E-state index in [1.165, 1.54) is 6.20 Å². The number of nitrogens with one attached hydrogen (secondary N) is 1. The van der Waals surface area contributed by atoms with Gasteiger partial charge in [-0.15, -0.1) is 0 Å². The molecule has 1 aromatic heterocycles. The Kier molecular flexibility index (Phi) is 5.06. The molecular weight excluding hydrogens is 282 g/mol. The van der Waals surface area contributed by atoms with Crippen molar-refractivity contribution in [2.75, 3.05) is 36.5 Å². The van der Waals surface area contributed by atoms with Crippen LogP contribution in [0.5, 0.6) is 0 Å². The van der Waals surface area contributed by atoms with E-state index in [1.807, 2.05) is 6.92 Å². The van der Waals surface area contributed by atoms with E-state index < -0.39 is 10.0 Å². The van der Waals surface area contributed by atoms with Gasteiger partial charge in [0.2, 0.25) is 10.0 Å². The summed E-state index contributed by atoms with van der Waals surface area (Å²) >= 11 is 1.79. The second-order valence-electron chi connectivity index (χ2n) is 4.32. The number of hydrogen-bond donors (Lipinski definition) is 1. The summed E-state index contributed by atoms with van der Waals surface area (Å²) in [5.74, 6) is 1.72. The minimum atomic E-state index is -3.43. The van der Waals surface area contributed by atoms with E-state index in [9.17, 15) is 8.42 Å². The number of hydrogen-bond acceptors (Lipinski definition) is 5. The number of rotatable bonds is 5. The molecule has 0 atom stereocenters. The minimum Gasteiger partial charge on any atom is -0.384 e. The van der Waals surface area contributed by atoms with Crippen LogP contribution in [0.15, 0.2) is 23.4 Å². The monoisotopic (exact) mass is 301 g/mol. The standard InChI is InChI=1S/C12H19N3O2S2/c1-2-4-14-11-3-5-13-10-12(11)19(16,17)15-6-8-18-9-7-15/h3,5,10H,2,4,6-9H2,1H3,(H,13,14). The Morgan fingerprint density at radius 2 is 2.16 bits per heavy atom. The Balaban J connectivity index is 2.28. The van der Waals surface area contributed by atoms with Crippen LogP contribution in [0.1, 0.15) is 13.3 Å². The molecule has 1 saturated heterocycles. The fourth-order valence-corrected chi connectivity index (χ4v) is 4.61. The average Bonchev–Trinajstić information content (AvgIpc) is 2.46. The van der Waals surface area contributed by atoms with Gasteiger partial charge < -0.3 is 5.32 Å². The first-order chi connectivity index (χ1) is 9.16. The van der Waals surface area contributed by atoms with Crippen molar-refractivity contribution in [2.45, 2.75) is 18.2 Å². The third-order valence-corrected chi connectivity index (χ3v) is 5.81. The molecule has 0 aliphatic carbocycles. The lowest BCUT2D eigenvalue weighted by atomic mass is 10.4. The quantitative estimate of drug-likeness (QED) is 0.896. The second-order valence-corrected chi connectivity index (χ2v) is 7.45. The lowest BCUT2D eigenvalue weighted by molar-refractivity contribution is 0.443. The molecule has 0 aromatic carbocycles. The van der Waals surface area contributed by atoms with Gasteiger partial charge >= 0.3 is 0 Å². The Labute approximate surface area is 118 Å². The molecule has 0 bridgehead atoms. The number of aromatic nitrogens is 1. The van der Waals surface area contributed by atoms with Crippen LogP contribution < -0.4 is 5.32 Å². The summed E-state index contributed by atoms with van der Waals surface area (Å²) < 4.78 is 26.8. The molecule has 19 heavy (non-hydrogen) atoms. The Bertz CT molecular complexity index is 513. The molecule has 2 rings (SSSR count). The normalized spacial score (nSPS) is 17.3. The predicted octanol–water partition coefficient (Wildman–Crippen LogP) is 1.64. The highest BCUT2D eigenvalue weighted by atomic mass is 32.2. The molecule has 5 nitrogen and oxygen atoms in total. The highest BCUT2D eigenvalue weighted by molar-refractivity contribution is 7.99. The molecule has 1 aliphatic heterocycles. The molecule has 1 N–H and O–H groups in total. The molecule has 0 radical (unpaired) electrons. The Hall–Kier alpha value is -0.790. The van der Waals surface area contributed by atoms with Crippen molar-refractivity contribution in [3.8, 4) is 0 Å². The van der Waals surface area contributed by atoms with Gasteiger partial charge in [-0.05, 0) is 12.5 Å². The number of anilines is 1. The van der Waals surface area contributed by atoms with Crippen molar-refractivity contribution in [3.05, 3.63) is 18.5 Å². The van der Waals surface area contributed by atoms with Crippen LogP contribution in [0.3, 0.4) is 0 Å². The van der Waals surface area contributed by atoms with E-state index in [2.05, 4.69) is 10.3 Å². The lowest BCUT2D eigenvalue weighted by Gasteiger charge is -2.26. The summed E-state index contributed by atoms with van der Waals surface area (Å²) in [6, 6.07) is 1.72. The molecule has 2 heterocycles. The van der Waals surface area contributed by atoms with Crippen molar-refractivity contribution in [1.82, 2.24) is 9.29 Å². The van der Waals surface area contributed by atoms with Crippen LogP contribution in [0.4, 0.5) is 5.69 Å². The Morgan fingerprint density at radius 3 is 2.84 bits per heavy atom. The molecule has 1 aromatic rings. The zero-order chi connectivity index (χ0) is 13.7. The molecule has 106 valence electrons. The third kappa shape index (κ3) is 3.40. The summed E-state index contributed by atoms with van der Waals surface area (Å²) in [5.41, 5.74) is 0.648. The van der Waals surface area contributed by atoms with Gasteiger partial charge in [0.25, 0.3) is 0 Å². The highest BCUT2D eigenvalue weighted by Gasteiger charge is 2.28. The van der Waals surface area contributed by atoms with Gasteiger partial charge in [0, 0.05) is 43.5 Å². The van der Waals surface area contributed by atoms with Gasteiger partial charge in [-0.25, -0.2) is 8.42 Å². The zero-order valence-corrected chi connectivity index (χ0v) is 12.6. The van der Waals surface area contributed by atoms with E-state index in [4.69, 9.17) is 0 Å². The molecule has 1 fully saturated rings. The zero-order valence-electron chi connectivity index (χ0n) is 11.0. The van der Waals surface area contributed by atoms with Crippen molar-refractivity contribution in [3.63, 3.8) is 0 Å². The minimum absolute atomic E-state index is 0.287. The predicted molar refractivity (Wildman–Crippen MR) is 79.1 cm³/mol. The topological polar surface area (TPSA) is 62.3 Å². The lowest BCUT2D eigenvalue weighted by Crippen LogP contribution is -2.38. The van der Waals surface area contributed by atoms with Gasteiger partial charge in [0.1, 0.15) is 4.90 Å². The third-order valence-electron chi connectivity index (χ3n) is 2.94. The van der Waals surface area contributed by atoms with Crippen LogP contribution in [0, 0.1) is 0 Å². The van der Waals surface area contributed by atoms with Crippen molar-refractivity contribution >= 4 is 27.5 Å². The second kappa shape index (κ2) is 6.58. The van der Waals surface area contributed by atoms with Crippen LogP contribution >= 0.6 is 11.8 Å². The van der Waals surface area contributed by atoms with E-state index in [0.29, 0.717) is 18.8 Å². The SMILES string of the molecule is CCCNc1ccncc1S(=O)(=O)N1CCSCC1. The van der Waals surface area contributed by atoms with Crippen molar-refractivity contribution in [1.29, 1.82) is 0 Å². The smallest absolute Gasteiger partial charge is 0.246 e. The molecule has 7 heteroatoms. The number of thioether (sulfide) groups is 1. The van der Waals surface area contributed by atoms with Crippen molar-refractivity contribution < 1.29 is 8.42 Å². The Morgan fingerprint density at radius 1 is 1.42 bits per heavy atom. The van der Waals surface area contributed by atoms with Gasteiger partial charge in [-0.2, -0.15) is 16.1 Å². The summed E-state index contributed by atoms with van der Waals surface area (Å²) in [5, 5.41) is 3.16. The first-order valence-electron chi connectivity index (χ1n) is 6.42. The van der Waals surface area contributed by atoms with E-state index in [-0.39, 0.29) is 4.90 Å². The van der Waals surface area contributed by atoms with E-state index in [1.54, 1.807) is 28.3 Å². The van der Waals surface area contributed by atoms with Crippen LogP contribution in [-0.4, -0.2) is 48.8 Å². The molecule has 0 spiro atoms. The van der Waals surface area contributed by atoms with Gasteiger partial charge in [-0.1, -0.05) is 6.92 Å². The van der Waals surface area contributed by atoms with Crippen LogP contribution in [-0.2, 0) is 10.0 Å². The van der Waals surface area contributed by atoms with Gasteiger partial charge in [-0.3, -0.25) is 4.98 Å². The molecule has 0 amide bonds. The number of sulfonamides is 1. The highest BCUT2D eigenvalue weighted by Crippen LogP contribution is 2.25. The molecule has 0 saturated carbocycles. The van der Waals surface area contributed by atoms with Crippen molar-refractivity contribution in [2.24, 2.45) is 0 Å². The fraction of sp³-hybridized carbons (Fsp3) is 0.583. The van der Waals surface area contributed by atoms with E-state index >= 15 is 0 Å². The molecule has 0 unspecified atom stereocenters. The van der Waals surface area contributed by atoms with Gasteiger partial charge in [0.05, 0.1) is 5.69 Å². The largest absolute Gasteiger partial charge is 0.384 e. The van der Waals surface area contributed by atoms with E-state index in [0.717, 1.165) is 24.5 Å². The maximum absolute atomic E-state index is 12.6. The van der Waals surface area contributed by atoms with Crippen LogP contribution in [0.25, 0.3) is 0 Å². The summed E-state index contributed by atoms with van der Waals surface area (Å²) in [6.07, 6.45) is 4.00. The fourth-order valence-electron chi connectivity index (χ4n) is 1.92. The maximum atomic E-state index is 12.6. The van der Waals surface area contributed by atoms with Gasteiger partial charge in [0.15, 0.2) is 0 Å².